The summed E-state index contributed by atoms with van der Waals surface area (Å²) in [6, 6.07) is 13.6. The standard InChI is InChI=1S/C23H19F3O3/c1-2-28-14-18-8-9-19(23(26)22(18)25)17-6-3-15(4-7-17)13-29-21-10-5-16(12-27)11-20(21)24/h3-12H,2,13-14H2,1H3. The van der Waals surface area contributed by atoms with E-state index in [1.807, 2.05) is 0 Å². The summed E-state index contributed by atoms with van der Waals surface area (Å²) in [5, 5.41) is 0. The Morgan fingerprint density at radius 3 is 2.31 bits per heavy atom. The highest BCUT2D eigenvalue weighted by Crippen LogP contribution is 2.27. The molecule has 150 valence electrons. The molecular weight excluding hydrogens is 381 g/mol. The van der Waals surface area contributed by atoms with Gasteiger partial charge in [0.05, 0.1) is 6.61 Å². The summed E-state index contributed by atoms with van der Waals surface area (Å²) in [7, 11) is 0. The lowest BCUT2D eigenvalue weighted by molar-refractivity contribution is 0.112. The highest BCUT2D eigenvalue weighted by atomic mass is 19.2. The van der Waals surface area contributed by atoms with Crippen LogP contribution in [0.25, 0.3) is 11.1 Å². The highest BCUT2D eigenvalue weighted by molar-refractivity contribution is 5.75. The molecule has 6 heteroatoms. The van der Waals surface area contributed by atoms with Crippen molar-refractivity contribution < 1.29 is 27.4 Å². The lowest BCUT2D eigenvalue weighted by atomic mass is 10.0. The van der Waals surface area contributed by atoms with Crippen LogP contribution in [0.2, 0.25) is 0 Å². The zero-order chi connectivity index (χ0) is 20.8. The molecule has 3 aromatic carbocycles. The van der Waals surface area contributed by atoms with E-state index >= 15 is 0 Å². The third kappa shape index (κ3) is 4.84. The first-order chi connectivity index (χ1) is 14.0. The molecule has 0 radical (unpaired) electrons. The van der Waals surface area contributed by atoms with Crippen molar-refractivity contribution in [1.29, 1.82) is 0 Å². The Morgan fingerprint density at radius 2 is 1.66 bits per heavy atom. The topological polar surface area (TPSA) is 35.5 Å². The van der Waals surface area contributed by atoms with Gasteiger partial charge in [-0.2, -0.15) is 0 Å². The van der Waals surface area contributed by atoms with Gasteiger partial charge in [-0.25, -0.2) is 13.2 Å². The second-order valence-corrected chi connectivity index (χ2v) is 6.33. The number of carbonyl (C=O) groups is 1. The molecule has 0 heterocycles. The Morgan fingerprint density at radius 1 is 0.897 bits per heavy atom. The summed E-state index contributed by atoms with van der Waals surface area (Å²) in [6.07, 6.45) is 0.552. The van der Waals surface area contributed by atoms with Crippen molar-refractivity contribution in [2.75, 3.05) is 6.61 Å². The van der Waals surface area contributed by atoms with Crippen LogP contribution in [-0.2, 0) is 18.0 Å². The van der Waals surface area contributed by atoms with Crippen LogP contribution in [0, 0.1) is 17.5 Å². The minimum Gasteiger partial charge on any atom is -0.486 e. The number of carbonyl (C=O) groups excluding carboxylic acids is 1. The second kappa shape index (κ2) is 9.39. The van der Waals surface area contributed by atoms with Gasteiger partial charge in [0.2, 0.25) is 0 Å². The average molecular weight is 400 g/mol. The maximum atomic E-state index is 14.4. The van der Waals surface area contributed by atoms with Gasteiger partial charge < -0.3 is 9.47 Å². The smallest absolute Gasteiger partial charge is 0.167 e. The van der Waals surface area contributed by atoms with Crippen molar-refractivity contribution in [3.05, 3.63) is 88.7 Å². The number of benzene rings is 3. The summed E-state index contributed by atoms with van der Waals surface area (Å²) in [5.41, 5.74) is 1.77. The van der Waals surface area contributed by atoms with Crippen LogP contribution >= 0.6 is 0 Å². The quantitative estimate of drug-likeness (QED) is 0.455. The van der Waals surface area contributed by atoms with E-state index in [-0.39, 0.29) is 35.7 Å². The maximum Gasteiger partial charge on any atom is 0.167 e. The summed E-state index contributed by atoms with van der Waals surface area (Å²) in [6.45, 7) is 2.29. The van der Waals surface area contributed by atoms with Crippen LogP contribution in [0.5, 0.6) is 5.75 Å². The molecule has 0 unspecified atom stereocenters. The second-order valence-electron chi connectivity index (χ2n) is 6.33. The van der Waals surface area contributed by atoms with Crippen LogP contribution in [0.3, 0.4) is 0 Å². The fraction of sp³-hybridized carbons (Fsp3) is 0.174. The van der Waals surface area contributed by atoms with E-state index in [9.17, 15) is 18.0 Å². The first kappa shape index (κ1) is 20.6. The monoisotopic (exact) mass is 400 g/mol. The third-order valence-corrected chi connectivity index (χ3v) is 4.38. The van der Waals surface area contributed by atoms with Crippen LogP contribution < -0.4 is 4.74 Å². The van der Waals surface area contributed by atoms with Gasteiger partial charge in [0.15, 0.2) is 23.2 Å². The molecule has 0 aliphatic carbocycles. The van der Waals surface area contributed by atoms with Gasteiger partial charge in [0.1, 0.15) is 12.9 Å². The Kier molecular flexibility index (Phi) is 6.67. The molecule has 0 saturated carbocycles. The summed E-state index contributed by atoms with van der Waals surface area (Å²) in [5.74, 6) is -2.45. The first-order valence-corrected chi connectivity index (χ1v) is 9.05. The Labute approximate surface area is 166 Å². The van der Waals surface area contributed by atoms with E-state index in [1.165, 1.54) is 24.3 Å². The molecule has 29 heavy (non-hydrogen) atoms. The third-order valence-electron chi connectivity index (χ3n) is 4.38. The normalized spacial score (nSPS) is 10.8. The number of aldehydes is 1. The molecule has 3 nitrogen and oxygen atoms in total. The predicted molar refractivity (Wildman–Crippen MR) is 103 cm³/mol. The molecule has 0 amide bonds. The molecule has 0 spiro atoms. The molecule has 0 aromatic heterocycles. The van der Waals surface area contributed by atoms with E-state index in [1.54, 1.807) is 31.2 Å². The number of rotatable bonds is 8. The molecule has 0 aliphatic rings. The van der Waals surface area contributed by atoms with E-state index in [0.29, 0.717) is 18.5 Å². The van der Waals surface area contributed by atoms with Crippen molar-refractivity contribution in [1.82, 2.24) is 0 Å². The SMILES string of the molecule is CCOCc1ccc(-c2ccc(COc3ccc(C=O)cc3F)cc2)c(F)c1F. The van der Waals surface area contributed by atoms with Crippen molar-refractivity contribution in [2.45, 2.75) is 20.1 Å². The predicted octanol–water partition coefficient (Wildman–Crippen LogP) is 5.70. The van der Waals surface area contributed by atoms with Crippen molar-refractivity contribution in [3.63, 3.8) is 0 Å². The van der Waals surface area contributed by atoms with E-state index < -0.39 is 17.5 Å². The van der Waals surface area contributed by atoms with Gasteiger partial charge in [0, 0.05) is 23.3 Å². The summed E-state index contributed by atoms with van der Waals surface area (Å²) < 4.78 is 53.1. The van der Waals surface area contributed by atoms with Crippen molar-refractivity contribution in [3.8, 4) is 16.9 Å². The van der Waals surface area contributed by atoms with Gasteiger partial charge in [-0.3, -0.25) is 4.79 Å². The van der Waals surface area contributed by atoms with Gasteiger partial charge in [-0.15, -0.1) is 0 Å². The van der Waals surface area contributed by atoms with Gasteiger partial charge >= 0.3 is 0 Å². The first-order valence-electron chi connectivity index (χ1n) is 9.05. The molecule has 0 bridgehead atoms. The molecule has 0 fully saturated rings. The Hall–Kier alpha value is -3.12. The summed E-state index contributed by atoms with van der Waals surface area (Å²) >= 11 is 0. The minimum atomic E-state index is -0.927. The highest BCUT2D eigenvalue weighted by Gasteiger charge is 2.15. The molecule has 0 aliphatic heterocycles. The van der Waals surface area contributed by atoms with Crippen LogP contribution in [0.15, 0.2) is 54.6 Å². The zero-order valence-electron chi connectivity index (χ0n) is 15.8. The molecule has 0 N–H and O–H groups in total. The van der Waals surface area contributed by atoms with Crippen molar-refractivity contribution >= 4 is 6.29 Å². The average Bonchev–Trinajstić information content (AvgIpc) is 2.74. The fourth-order valence-corrected chi connectivity index (χ4v) is 2.78. The van der Waals surface area contributed by atoms with E-state index in [2.05, 4.69) is 0 Å². The lowest BCUT2D eigenvalue weighted by Gasteiger charge is -2.11. The lowest BCUT2D eigenvalue weighted by Crippen LogP contribution is -2.00. The Balaban J connectivity index is 1.72. The van der Waals surface area contributed by atoms with Crippen molar-refractivity contribution in [2.24, 2.45) is 0 Å². The van der Waals surface area contributed by atoms with E-state index in [4.69, 9.17) is 9.47 Å². The van der Waals surface area contributed by atoms with Crippen LogP contribution in [-0.4, -0.2) is 12.9 Å². The molecule has 3 rings (SSSR count). The zero-order valence-corrected chi connectivity index (χ0v) is 15.8. The van der Waals surface area contributed by atoms with Crippen LogP contribution in [0.1, 0.15) is 28.4 Å². The fourth-order valence-electron chi connectivity index (χ4n) is 2.78. The molecular formula is C23H19F3O3. The van der Waals surface area contributed by atoms with Gasteiger partial charge in [-0.1, -0.05) is 36.4 Å². The van der Waals surface area contributed by atoms with Gasteiger partial charge in [-0.05, 0) is 36.2 Å². The molecule has 0 saturated heterocycles. The summed E-state index contributed by atoms with van der Waals surface area (Å²) in [4.78, 5) is 10.6. The Bertz CT molecular complexity index is 1000. The number of hydrogen-bond donors (Lipinski definition) is 0. The van der Waals surface area contributed by atoms with E-state index in [0.717, 1.165) is 11.6 Å². The molecule has 0 atom stereocenters. The number of hydrogen-bond acceptors (Lipinski definition) is 3. The molecule has 3 aromatic rings. The largest absolute Gasteiger partial charge is 0.486 e. The minimum absolute atomic E-state index is 0.0141. The maximum absolute atomic E-state index is 14.4. The van der Waals surface area contributed by atoms with Gasteiger partial charge in [0.25, 0.3) is 0 Å². The number of ether oxygens (including phenoxy) is 2. The van der Waals surface area contributed by atoms with Crippen LogP contribution in [0.4, 0.5) is 13.2 Å². The number of halogens is 3.